The summed E-state index contributed by atoms with van der Waals surface area (Å²) in [6, 6.07) is 19.3. The van der Waals surface area contributed by atoms with E-state index in [1.807, 2.05) is 0 Å². The number of rotatable bonds is 10. The van der Waals surface area contributed by atoms with E-state index in [2.05, 4.69) is 61.5 Å². The van der Waals surface area contributed by atoms with Gasteiger partial charge in [-0.25, -0.2) is 0 Å². The number of hydrogen-bond acceptors (Lipinski definition) is 1. The van der Waals surface area contributed by atoms with Crippen LogP contribution in [0.25, 0.3) is 0 Å². The normalized spacial score (nSPS) is 10.6. The van der Waals surface area contributed by atoms with E-state index in [1.165, 1.54) is 45.7 Å². The largest absolute Gasteiger partial charge is 0.489 e. The monoisotopic (exact) mass is 409 g/mol. The Morgan fingerprint density at radius 2 is 1.45 bits per heavy atom. The molecule has 0 atom stereocenters. The highest BCUT2D eigenvalue weighted by molar-refractivity contribution is 5.20. The lowest BCUT2D eigenvalue weighted by atomic mass is 10.1. The summed E-state index contributed by atoms with van der Waals surface area (Å²) in [5.74, 6) is 1.09. The van der Waals surface area contributed by atoms with E-state index in [9.17, 15) is 0 Å². The minimum absolute atomic E-state index is 0.152. The first-order valence-electron chi connectivity index (χ1n) is 8.32. The first kappa shape index (κ1) is 17.3. The number of benzene rings is 2. The van der Waals surface area contributed by atoms with Crippen molar-refractivity contribution in [2.45, 2.75) is 45.4 Å². The van der Waals surface area contributed by atoms with E-state index >= 15 is 0 Å². The molecule has 0 aliphatic heterocycles. The first-order valence-corrected chi connectivity index (χ1v) is 10.5. The Hall–Kier alpha value is -1.03. The van der Waals surface area contributed by atoms with Gasteiger partial charge in [0.2, 0.25) is 3.57 Å². The van der Waals surface area contributed by atoms with Gasteiger partial charge >= 0.3 is 21.2 Å². The van der Waals surface area contributed by atoms with Crippen LogP contribution < -0.4 is 25.9 Å². The van der Waals surface area contributed by atoms with Crippen LogP contribution in [0.3, 0.4) is 0 Å². The molecule has 0 radical (unpaired) electrons. The summed E-state index contributed by atoms with van der Waals surface area (Å²) >= 11 is -0.152. The van der Waals surface area contributed by atoms with E-state index < -0.39 is 0 Å². The molecule has 0 saturated heterocycles. The topological polar surface area (TPSA) is 9.23 Å². The highest BCUT2D eigenvalue weighted by atomic mass is 127. The Morgan fingerprint density at radius 3 is 2.27 bits per heavy atom. The summed E-state index contributed by atoms with van der Waals surface area (Å²) in [7, 11) is 0. The molecular formula is C20H26IO+. The predicted molar refractivity (Wildman–Crippen MR) is 89.1 cm³/mol. The number of unbranched alkanes of at least 4 members (excludes halogenated alkanes) is 5. The van der Waals surface area contributed by atoms with Gasteiger partial charge in [0.15, 0.2) is 9.32 Å². The number of hydrogen-bond donors (Lipinski definition) is 0. The molecule has 0 fully saturated rings. The standard InChI is InChI=1S/C20H26IO/c1-2-3-4-5-6-12-17-22-20-16-11-10-15-19(20)21-18-13-8-7-9-14-18/h7-11,13-16H,2-6,12,17H2,1H3/q+1. The Kier molecular flexibility index (Phi) is 8.39. The van der Waals surface area contributed by atoms with Crippen LogP contribution in [0.15, 0.2) is 54.6 Å². The van der Waals surface area contributed by atoms with Gasteiger partial charge in [-0.15, -0.1) is 0 Å². The van der Waals surface area contributed by atoms with Gasteiger partial charge in [-0.3, -0.25) is 0 Å². The lowest BCUT2D eigenvalue weighted by molar-refractivity contribution is -0.598. The molecule has 2 aromatic rings. The lowest BCUT2D eigenvalue weighted by Crippen LogP contribution is -3.61. The average molecular weight is 409 g/mol. The van der Waals surface area contributed by atoms with Crippen molar-refractivity contribution in [3.63, 3.8) is 0 Å². The zero-order valence-electron chi connectivity index (χ0n) is 13.4. The molecule has 0 spiro atoms. The molecule has 2 rings (SSSR count). The Bertz CT molecular complexity index is 524. The molecular weight excluding hydrogens is 383 g/mol. The van der Waals surface area contributed by atoms with Crippen molar-refractivity contribution in [1.29, 1.82) is 0 Å². The summed E-state index contributed by atoms with van der Waals surface area (Å²) < 4.78 is 8.87. The van der Waals surface area contributed by atoms with E-state index in [1.54, 1.807) is 0 Å². The van der Waals surface area contributed by atoms with Crippen LogP contribution in [0.1, 0.15) is 45.4 Å². The van der Waals surface area contributed by atoms with Crippen molar-refractivity contribution in [3.8, 4) is 5.75 Å². The quantitative estimate of drug-likeness (QED) is 0.433. The lowest BCUT2D eigenvalue weighted by Gasteiger charge is -2.06. The maximum absolute atomic E-state index is 6.04. The Labute approximate surface area is 145 Å². The smallest absolute Gasteiger partial charge is 0.362 e. The van der Waals surface area contributed by atoms with Gasteiger partial charge in [-0.2, -0.15) is 0 Å². The van der Waals surface area contributed by atoms with Crippen LogP contribution >= 0.6 is 0 Å². The number of ether oxygens (including phenoxy) is 1. The van der Waals surface area contributed by atoms with Gasteiger partial charge in [0.05, 0.1) is 6.61 Å². The summed E-state index contributed by atoms with van der Waals surface area (Å²) in [5.41, 5.74) is 0. The molecule has 0 aliphatic rings. The van der Waals surface area contributed by atoms with Crippen LogP contribution in [-0.4, -0.2) is 6.61 Å². The maximum Gasteiger partial charge on any atom is 0.362 e. The molecule has 0 aliphatic carbocycles. The van der Waals surface area contributed by atoms with Crippen molar-refractivity contribution < 1.29 is 25.9 Å². The van der Waals surface area contributed by atoms with Crippen molar-refractivity contribution >= 4 is 0 Å². The molecule has 0 aromatic heterocycles. The summed E-state index contributed by atoms with van der Waals surface area (Å²) in [6.45, 7) is 3.11. The van der Waals surface area contributed by atoms with E-state index in [0.717, 1.165) is 12.4 Å². The Morgan fingerprint density at radius 1 is 0.773 bits per heavy atom. The fourth-order valence-electron chi connectivity index (χ4n) is 2.30. The van der Waals surface area contributed by atoms with Crippen molar-refractivity contribution in [2.24, 2.45) is 0 Å². The van der Waals surface area contributed by atoms with E-state index in [-0.39, 0.29) is 21.2 Å². The minimum Gasteiger partial charge on any atom is -0.489 e. The maximum atomic E-state index is 6.04. The summed E-state index contributed by atoms with van der Waals surface area (Å²) in [5, 5.41) is 0. The highest BCUT2D eigenvalue weighted by Gasteiger charge is 2.20. The highest BCUT2D eigenvalue weighted by Crippen LogP contribution is 2.11. The zero-order chi connectivity index (χ0) is 15.5. The second-order valence-corrected chi connectivity index (χ2v) is 8.38. The number of halogens is 1. The molecule has 0 N–H and O–H groups in total. The molecule has 0 bridgehead atoms. The molecule has 0 unspecified atom stereocenters. The van der Waals surface area contributed by atoms with Crippen molar-refractivity contribution in [3.05, 3.63) is 61.7 Å². The second-order valence-electron chi connectivity index (χ2n) is 5.44. The van der Waals surface area contributed by atoms with Crippen LogP contribution in [0, 0.1) is 7.14 Å². The third-order valence-electron chi connectivity index (χ3n) is 3.54. The molecule has 1 nitrogen and oxygen atoms in total. The molecule has 0 heterocycles. The summed E-state index contributed by atoms with van der Waals surface area (Å²) in [6.07, 6.45) is 7.85. The SMILES string of the molecule is CCCCCCCCOc1ccccc1[I+]c1ccccc1. The second kappa shape index (κ2) is 10.7. The average Bonchev–Trinajstić information content (AvgIpc) is 2.56. The van der Waals surface area contributed by atoms with Crippen molar-refractivity contribution in [2.75, 3.05) is 6.61 Å². The third-order valence-corrected chi connectivity index (χ3v) is 6.35. The van der Waals surface area contributed by atoms with Gasteiger partial charge in [0, 0.05) is 0 Å². The van der Waals surface area contributed by atoms with Gasteiger partial charge in [0.25, 0.3) is 0 Å². The van der Waals surface area contributed by atoms with Crippen LogP contribution in [0.4, 0.5) is 0 Å². The van der Waals surface area contributed by atoms with E-state index in [0.29, 0.717) is 0 Å². The molecule has 22 heavy (non-hydrogen) atoms. The number of para-hydroxylation sites is 1. The molecule has 2 heteroatoms. The Balaban J connectivity index is 1.79. The van der Waals surface area contributed by atoms with Gasteiger partial charge in [-0.1, -0.05) is 69.4 Å². The fourth-order valence-corrected chi connectivity index (χ4v) is 4.73. The molecule has 118 valence electrons. The minimum atomic E-state index is -0.152. The first-order chi connectivity index (χ1) is 10.9. The van der Waals surface area contributed by atoms with Crippen LogP contribution in [-0.2, 0) is 0 Å². The summed E-state index contributed by atoms with van der Waals surface area (Å²) in [4.78, 5) is 0. The van der Waals surface area contributed by atoms with Gasteiger partial charge in [-0.05, 0) is 30.7 Å². The molecule has 0 saturated carbocycles. The van der Waals surface area contributed by atoms with Crippen molar-refractivity contribution in [1.82, 2.24) is 0 Å². The zero-order valence-corrected chi connectivity index (χ0v) is 15.6. The van der Waals surface area contributed by atoms with Gasteiger partial charge < -0.3 is 4.74 Å². The van der Waals surface area contributed by atoms with E-state index in [4.69, 9.17) is 4.74 Å². The molecule has 2 aromatic carbocycles. The third kappa shape index (κ3) is 6.39. The molecule has 0 amide bonds. The van der Waals surface area contributed by atoms with Crippen LogP contribution in [0.2, 0.25) is 0 Å². The van der Waals surface area contributed by atoms with Crippen LogP contribution in [0.5, 0.6) is 5.75 Å². The predicted octanol–water partition coefficient (Wildman–Crippen LogP) is 2.55. The fraction of sp³-hybridized carbons (Fsp3) is 0.400. The van der Waals surface area contributed by atoms with Gasteiger partial charge in [0.1, 0.15) is 0 Å².